The van der Waals surface area contributed by atoms with Crippen LogP contribution in [0.25, 0.3) is 0 Å². The van der Waals surface area contributed by atoms with Gasteiger partial charge in [0.2, 0.25) is 0 Å². The first-order valence-corrected chi connectivity index (χ1v) is 17.6. The average molecular weight is 612 g/mol. The van der Waals surface area contributed by atoms with Crippen LogP contribution < -0.4 is 0 Å². The number of aromatic amines is 1. The lowest BCUT2D eigenvalue weighted by Crippen LogP contribution is -2.37. The summed E-state index contributed by atoms with van der Waals surface area (Å²) in [7, 11) is 0. The topological polar surface area (TPSA) is 114 Å². The molecule has 0 amide bonds. The number of aliphatic hydroxyl groups is 3. The number of hydrogen-bond acceptors (Lipinski definition) is 4. The molecule has 5 atom stereocenters. The summed E-state index contributed by atoms with van der Waals surface area (Å²) in [6.07, 6.45) is 15.5. The molecule has 1 aromatic heterocycles. The lowest BCUT2D eigenvalue weighted by molar-refractivity contribution is -0.146. The minimum atomic E-state index is -0.956. The molecule has 0 spiro atoms. The second-order valence-corrected chi connectivity index (χ2v) is 14.0. The van der Waals surface area contributed by atoms with E-state index < -0.39 is 23.6 Å². The Balaban J connectivity index is 1.39. The Morgan fingerprint density at radius 2 is 1.50 bits per heavy atom. The van der Waals surface area contributed by atoms with Gasteiger partial charge in [-0.3, -0.25) is 4.79 Å². The standard InChI is InChI=1S/C38H61NO5/c1-4-5-6-7-10-15-34(40)16-11-8-9-12-17-35(37(42)43)36(41)20-22-38(44)21-13-14-31(38)27-33-19-18-32(39-33)26-30-24-28(2)23-29(3)25-30/h18-19,23-25,31,34-36,39-41,44H,4-17,20-22,26-27H2,1-3H3,(H,42,43)/t31-,34-,35-,36+,38-/m0/s1. The van der Waals surface area contributed by atoms with Gasteiger partial charge in [0.25, 0.3) is 0 Å². The number of unbranched alkanes of at least 4 members (excludes halogenated alkanes) is 7. The van der Waals surface area contributed by atoms with Crippen molar-refractivity contribution in [3.63, 3.8) is 0 Å². The quantitative estimate of drug-likeness (QED) is 0.0861. The van der Waals surface area contributed by atoms with E-state index in [0.29, 0.717) is 25.7 Å². The van der Waals surface area contributed by atoms with Gasteiger partial charge in [-0.15, -0.1) is 0 Å². The average Bonchev–Trinajstić information content (AvgIpc) is 3.56. The van der Waals surface area contributed by atoms with E-state index in [1.54, 1.807) is 0 Å². The third kappa shape index (κ3) is 12.3. The molecule has 1 aliphatic carbocycles. The number of carboxylic acid groups (broad SMARTS) is 1. The highest BCUT2D eigenvalue weighted by Crippen LogP contribution is 2.41. The van der Waals surface area contributed by atoms with Gasteiger partial charge in [-0.25, -0.2) is 0 Å². The number of aliphatic hydroxyl groups excluding tert-OH is 2. The van der Waals surface area contributed by atoms with Gasteiger partial charge < -0.3 is 25.4 Å². The summed E-state index contributed by atoms with van der Waals surface area (Å²) < 4.78 is 0. The van der Waals surface area contributed by atoms with E-state index in [-0.39, 0.29) is 12.0 Å². The number of rotatable bonds is 22. The Bertz CT molecular complexity index is 1090. The fourth-order valence-electron chi connectivity index (χ4n) is 7.42. The monoisotopic (exact) mass is 611 g/mol. The first-order chi connectivity index (χ1) is 21.1. The van der Waals surface area contributed by atoms with Crippen molar-refractivity contribution in [3.05, 3.63) is 58.4 Å². The van der Waals surface area contributed by atoms with Crippen molar-refractivity contribution in [1.82, 2.24) is 4.98 Å². The maximum Gasteiger partial charge on any atom is 0.309 e. The summed E-state index contributed by atoms with van der Waals surface area (Å²) in [5, 5.41) is 42.5. The number of nitrogens with one attached hydrogen (secondary N) is 1. The molecule has 0 unspecified atom stereocenters. The molecular formula is C38H61NO5. The number of aliphatic carboxylic acids is 1. The van der Waals surface area contributed by atoms with Crippen molar-refractivity contribution >= 4 is 5.97 Å². The van der Waals surface area contributed by atoms with Gasteiger partial charge in [-0.2, -0.15) is 0 Å². The highest BCUT2D eigenvalue weighted by atomic mass is 16.4. The molecule has 0 saturated heterocycles. The van der Waals surface area contributed by atoms with Gasteiger partial charge in [-0.1, -0.05) is 100 Å². The van der Waals surface area contributed by atoms with Crippen LogP contribution in [0.3, 0.4) is 0 Å². The smallest absolute Gasteiger partial charge is 0.309 e. The van der Waals surface area contributed by atoms with Gasteiger partial charge in [0.05, 0.1) is 23.7 Å². The van der Waals surface area contributed by atoms with Crippen LogP contribution in [0.1, 0.15) is 144 Å². The summed E-state index contributed by atoms with van der Waals surface area (Å²) >= 11 is 0. The van der Waals surface area contributed by atoms with Crippen LogP contribution in [0.2, 0.25) is 0 Å². The normalized spacial score (nSPS) is 20.5. The first-order valence-electron chi connectivity index (χ1n) is 17.6. The Kier molecular flexibility index (Phi) is 15.5. The van der Waals surface area contributed by atoms with Gasteiger partial charge in [-0.05, 0) is 88.8 Å². The summed E-state index contributed by atoms with van der Waals surface area (Å²) in [6, 6.07) is 10.9. The summed E-state index contributed by atoms with van der Waals surface area (Å²) in [5.74, 6) is -1.66. The van der Waals surface area contributed by atoms with E-state index in [4.69, 9.17) is 0 Å². The molecule has 1 heterocycles. The molecule has 1 saturated carbocycles. The highest BCUT2D eigenvalue weighted by Gasteiger charge is 2.41. The molecule has 6 heteroatoms. The Morgan fingerprint density at radius 1 is 0.886 bits per heavy atom. The highest BCUT2D eigenvalue weighted by molar-refractivity contribution is 5.70. The first kappa shape index (κ1) is 36.3. The summed E-state index contributed by atoms with van der Waals surface area (Å²) in [6.45, 7) is 6.46. The van der Waals surface area contributed by atoms with Crippen LogP contribution in [0.15, 0.2) is 30.3 Å². The Hall–Kier alpha value is -2.15. The third-order valence-electron chi connectivity index (χ3n) is 9.97. The maximum absolute atomic E-state index is 12.0. The number of aromatic nitrogens is 1. The SMILES string of the molecule is CCCCCCC[C@H](O)CCCCCC[C@H](C(=O)O)[C@H](O)CC[C@@]1(O)CCC[C@H]1Cc1ccc(Cc2cc(C)cc(C)c2)[nH]1. The largest absolute Gasteiger partial charge is 0.481 e. The number of carboxylic acids is 1. The van der Waals surface area contributed by atoms with E-state index >= 15 is 0 Å². The third-order valence-corrected chi connectivity index (χ3v) is 9.97. The Labute approximate surface area is 266 Å². The van der Waals surface area contributed by atoms with E-state index in [0.717, 1.165) is 76.3 Å². The van der Waals surface area contributed by atoms with Crippen molar-refractivity contribution in [3.8, 4) is 0 Å². The lowest BCUT2D eigenvalue weighted by Gasteiger charge is -2.32. The Morgan fingerprint density at radius 3 is 2.14 bits per heavy atom. The molecule has 5 N–H and O–H groups in total. The number of benzene rings is 1. The molecule has 1 aromatic carbocycles. The predicted molar refractivity (Wildman–Crippen MR) is 179 cm³/mol. The van der Waals surface area contributed by atoms with E-state index in [2.05, 4.69) is 56.1 Å². The molecule has 44 heavy (non-hydrogen) atoms. The van der Waals surface area contributed by atoms with E-state index in [1.165, 1.54) is 48.1 Å². The zero-order valence-electron chi connectivity index (χ0n) is 27.8. The van der Waals surface area contributed by atoms with E-state index in [9.17, 15) is 25.2 Å². The van der Waals surface area contributed by atoms with Gasteiger partial charge in [0.15, 0.2) is 0 Å². The lowest BCUT2D eigenvalue weighted by atomic mass is 9.81. The van der Waals surface area contributed by atoms with E-state index in [1.807, 2.05) is 0 Å². The molecule has 248 valence electrons. The predicted octanol–water partition coefficient (Wildman–Crippen LogP) is 8.20. The zero-order chi connectivity index (χ0) is 32.0. The van der Waals surface area contributed by atoms with Crippen molar-refractivity contribution in [2.24, 2.45) is 11.8 Å². The molecule has 0 bridgehead atoms. The minimum absolute atomic E-state index is 0.0948. The fraction of sp³-hybridized carbons (Fsp3) is 0.711. The molecule has 6 nitrogen and oxygen atoms in total. The second-order valence-electron chi connectivity index (χ2n) is 14.0. The second kappa shape index (κ2) is 18.7. The van der Waals surface area contributed by atoms with Crippen molar-refractivity contribution < 1.29 is 25.2 Å². The molecule has 0 radical (unpaired) electrons. The van der Waals surface area contributed by atoms with Gasteiger partial charge >= 0.3 is 5.97 Å². The fourth-order valence-corrected chi connectivity index (χ4v) is 7.42. The van der Waals surface area contributed by atoms with Crippen LogP contribution >= 0.6 is 0 Å². The maximum atomic E-state index is 12.0. The van der Waals surface area contributed by atoms with Crippen molar-refractivity contribution in [2.45, 2.75) is 161 Å². The number of carbonyl (C=O) groups is 1. The summed E-state index contributed by atoms with van der Waals surface area (Å²) in [4.78, 5) is 15.6. The molecule has 1 fully saturated rings. The van der Waals surface area contributed by atoms with Crippen LogP contribution in [0.4, 0.5) is 0 Å². The van der Waals surface area contributed by atoms with Crippen LogP contribution in [-0.4, -0.2) is 49.2 Å². The zero-order valence-corrected chi connectivity index (χ0v) is 27.8. The van der Waals surface area contributed by atoms with Crippen LogP contribution in [-0.2, 0) is 17.6 Å². The molecule has 2 aromatic rings. The van der Waals surface area contributed by atoms with Crippen LogP contribution in [0, 0.1) is 25.7 Å². The molecule has 3 rings (SSSR count). The van der Waals surface area contributed by atoms with Crippen LogP contribution in [0.5, 0.6) is 0 Å². The number of hydrogen-bond donors (Lipinski definition) is 5. The van der Waals surface area contributed by atoms with Crippen molar-refractivity contribution in [1.29, 1.82) is 0 Å². The summed E-state index contributed by atoms with van der Waals surface area (Å²) in [5.41, 5.74) is 5.24. The molecular weight excluding hydrogens is 550 g/mol. The van der Waals surface area contributed by atoms with Gasteiger partial charge in [0.1, 0.15) is 0 Å². The molecule has 0 aliphatic heterocycles. The molecule has 1 aliphatic rings. The number of H-pyrrole nitrogens is 1. The minimum Gasteiger partial charge on any atom is -0.481 e. The van der Waals surface area contributed by atoms with Gasteiger partial charge in [0, 0.05) is 17.8 Å². The number of aryl methyl sites for hydroxylation is 2. The van der Waals surface area contributed by atoms with Crippen molar-refractivity contribution in [2.75, 3.05) is 0 Å².